The maximum Gasteiger partial charge on any atom is 0.341 e. The number of carbonyl (C=O) groups is 2. The second-order valence-electron chi connectivity index (χ2n) is 5.94. The van der Waals surface area contributed by atoms with Gasteiger partial charge in [0.05, 0.1) is 11.4 Å². The number of carbonyl (C=O) groups excluding carboxylic acids is 1. The van der Waals surface area contributed by atoms with Gasteiger partial charge in [-0.3, -0.25) is 4.79 Å². The topological polar surface area (TPSA) is 81.4 Å². The Morgan fingerprint density at radius 3 is 2.46 bits per heavy atom. The molecule has 0 fully saturated rings. The SMILES string of the molecule is Cc1nn(-c2ccccc2)c(Cl)c1/C=C/C(=O)c1ccc(OCC(=O)O)cc1. The molecule has 0 aliphatic carbocycles. The van der Waals surface area contributed by atoms with E-state index in [0.29, 0.717) is 27.7 Å². The van der Waals surface area contributed by atoms with Crippen molar-refractivity contribution in [3.05, 3.63) is 82.6 Å². The van der Waals surface area contributed by atoms with Crippen molar-refractivity contribution in [1.82, 2.24) is 9.78 Å². The Hall–Kier alpha value is -3.38. The van der Waals surface area contributed by atoms with E-state index in [-0.39, 0.29) is 5.78 Å². The van der Waals surface area contributed by atoms with E-state index in [1.165, 1.54) is 6.08 Å². The summed E-state index contributed by atoms with van der Waals surface area (Å²) in [6.07, 6.45) is 3.07. The summed E-state index contributed by atoms with van der Waals surface area (Å²) in [5.41, 5.74) is 2.65. The van der Waals surface area contributed by atoms with Crippen LogP contribution < -0.4 is 4.74 Å². The first-order chi connectivity index (χ1) is 13.5. The minimum atomic E-state index is -1.06. The Morgan fingerprint density at radius 1 is 1.14 bits per heavy atom. The van der Waals surface area contributed by atoms with Crippen LogP contribution in [0.15, 0.2) is 60.7 Å². The van der Waals surface area contributed by atoms with E-state index in [0.717, 1.165) is 5.69 Å². The summed E-state index contributed by atoms with van der Waals surface area (Å²) >= 11 is 6.45. The van der Waals surface area contributed by atoms with Crippen LogP contribution in [0.3, 0.4) is 0 Å². The molecule has 1 heterocycles. The minimum Gasteiger partial charge on any atom is -0.482 e. The average molecular weight is 397 g/mol. The molecule has 2 aromatic carbocycles. The summed E-state index contributed by atoms with van der Waals surface area (Å²) in [5.74, 6) is -0.898. The first kappa shape index (κ1) is 19.4. The van der Waals surface area contributed by atoms with Crippen molar-refractivity contribution in [2.24, 2.45) is 0 Å². The van der Waals surface area contributed by atoms with E-state index >= 15 is 0 Å². The summed E-state index contributed by atoms with van der Waals surface area (Å²) in [4.78, 5) is 22.9. The molecule has 1 N–H and O–H groups in total. The first-order valence-corrected chi connectivity index (χ1v) is 8.81. The summed E-state index contributed by atoms with van der Waals surface area (Å²) < 4.78 is 6.67. The highest BCUT2D eigenvalue weighted by molar-refractivity contribution is 6.31. The number of aryl methyl sites for hydroxylation is 1. The highest BCUT2D eigenvalue weighted by Crippen LogP contribution is 2.25. The molecule has 142 valence electrons. The molecule has 3 rings (SSSR count). The van der Waals surface area contributed by atoms with Crippen molar-refractivity contribution in [3.63, 3.8) is 0 Å². The highest BCUT2D eigenvalue weighted by Gasteiger charge is 2.13. The molecule has 0 saturated heterocycles. The van der Waals surface area contributed by atoms with E-state index in [2.05, 4.69) is 5.10 Å². The number of ether oxygens (including phenoxy) is 1. The number of aliphatic carboxylic acids is 1. The fourth-order valence-corrected chi connectivity index (χ4v) is 2.89. The summed E-state index contributed by atoms with van der Waals surface area (Å²) in [5, 5.41) is 13.5. The molecule has 6 nitrogen and oxygen atoms in total. The van der Waals surface area contributed by atoms with Crippen LogP contribution in [0.5, 0.6) is 5.75 Å². The molecule has 1 aromatic heterocycles. The lowest BCUT2D eigenvalue weighted by atomic mass is 10.1. The Kier molecular flexibility index (Phi) is 5.91. The van der Waals surface area contributed by atoms with Gasteiger partial charge < -0.3 is 9.84 Å². The molecular weight excluding hydrogens is 380 g/mol. The van der Waals surface area contributed by atoms with Gasteiger partial charge in [0, 0.05) is 11.1 Å². The van der Waals surface area contributed by atoms with Gasteiger partial charge in [0.25, 0.3) is 0 Å². The van der Waals surface area contributed by atoms with Gasteiger partial charge in [-0.05, 0) is 55.5 Å². The third-order valence-corrected chi connectivity index (χ3v) is 4.31. The Balaban J connectivity index is 1.76. The molecule has 7 heteroatoms. The monoisotopic (exact) mass is 396 g/mol. The van der Waals surface area contributed by atoms with Crippen molar-refractivity contribution in [2.75, 3.05) is 6.61 Å². The number of ketones is 1. The standard InChI is InChI=1S/C21H17ClN2O4/c1-14-18(21(22)24(23-14)16-5-3-2-4-6-16)11-12-19(25)15-7-9-17(10-8-15)28-13-20(26)27/h2-12H,13H2,1H3,(H,26,27)/b12-11+. The number of allylic oxidation sites excluding steroid dienone is 1. The van der Waals surface area contributed by atoms with Gasteiger partial charge in [-0.25, -0.2) is 9.48 Å². The minimum absolute atomic E-state index is 0.215. The molecule has 0 unspecified atom stereocenters. The van der Waals surface area contributed by atoms with E-state index < -0.39 is 12.6 Å². The van der Waals surface area contributed by atoms with Crippen LogP contribution >= 0.6 is 11.6 Å². The zero-order chi connectivity index (χ0) is 20.1. The number of benzene rings is 2. The van der Waals surface area contributed by atoms with Crippen LogP contribution in [-0.2, 0) is 4.79 Å². The molecule has 0 aliphatic heterocycles. The second kappa shape index (κ2) is 8.54. The maximum absolute atomic E-state index is 12.4. The van der Waals surface area contributed by atoms with E-state index in [9.17, 15) is 9.59 Å². The smallest absolute Gasteiger partial charge is 0.341 e. The maximum atomic E-state index is 12.4. The van der Waals surface area contributed by atoms with Crippen LogP contribution in [0, 0.1) is 6.92 Å². The number of halogens is 1. The third-order valence-electron chi connectivity index (χ3n) is 3.95. The van der Waals surface area contributed by atoms with Crippen molar-refractivity contribution in [3.8, 4) is 11.4 Å². The predicted molar refractivity (Wildman–Crippen MR) is 106 cm³/mol. The van der Waals surface area contributed by atoms with Gasteiger partial charge >= 0.3 is 5.97 Å². The van der Waals surface area contributed by atoms with Gasteiger partial charge in [0.15, 0.2) is 12.4 Å². The predicted octanol–water partition coefficient (Wildman–Crippen LogP) is 4.19. The van der Waals surface area contributed by atoms with Crippen LogP contribution in [0.25, 0.3) is 11.8 Å². The number of nitrogens with zero attached hydrogens (tertiary/aromatic N) is 2. The third kappa shape index (κ3) is 4.47. The molecule has 0 amide bonds. The average Bonchev–Trinajstić information content (AvgIpc) is 2.99. The number of para-hydroxylation sites is 1. The summed E-state index contributed by atoms with van der Waals surface area (Å²) in [7, 11) is 0. The number of carboxylic acids is 1. The normalized spacial score (nSPS) is 10.9. The van der Waals surface area contributed by atoms with Gasteiger partial charge in [-0.15, -0.1) is 0 Å². The van der Waals surface area contributed by atoms with Gasteiger partial charge in [0.2, 0.25) is 0 Å². The Morgan fingerprint density at radius 2 is 1.82 bits per heavy atom. The van der Waals surface area contributed by atoms with Gasteiger partial charge in [-0.2, -0.15) is 5.10 Å². The van der Waals surface area contributed by atoms with Gasteiger partial charge in [0.1, 0.15) is 10.9 Å². The van der Waals surface area contributed by atoms with Gasteiger partial charge in [-0.1, -0.05) is 29.8 Å². The van der Waals surface area contributed by atoms with Crippen LogP contribution in [0.2, 0.25) is 5.15 Å². The van der Waals surface area contributed by atoms with Crippen LogP contribution in [0.4, 0.5) is 0 Å². The molecule has 0 saturated carbocycles. The number of aromatic nitrogens is 2. The summed E-state index contributed by atoms with van der Waals surface area (Å²) in [6, 6.07) is 15.7. The molecular formula is C21H17ClN2O4. The molecule has 0 aliphatic rings. The van der Waals surface area contributed by atoms with E-state index in [4.69, 9.17) is 21.4 Å². The van der Waals surface area contributed by atoms with Crippen LogP contribution in [0.1, 0.15) is 21.6 Å². The fourth-order valence-electron chi connectivity index (χ4n) is 2.56. The number of rotatable bonds is 7. The number of carboxylic acid groups (broad SMARTS) is 1. The van der Waals surface area contributed by atoms with Crippen molar-refractivity contribution in [2.45, 2.75) is 6.92 Å². The lowest BCUT2D eigenvalue weighted by Crippen LogP contribution is -2.09. The van der Waals surface area contributed by atoms with Crippen molar-refractivity contribution >= 4 is 29.4 Å². The molecule has 0 atom stereocenters. The molecule has 3 aromatic rings. The zero-order valence-corrected chi connectivity index (χ0v) is 15.8. The molecule has 28 heavy (non-hydrogen) atoms. The summed E-state index contributed by atoms with van der Waals surface area (Å²) in [6.45, 7) is 1.39. The van der Waals surface area contributed by atoms with E-state index in [1.54, 1.807) is 35.0 Å². The largest absolute Gasteiger partial charge is 0.482 e. The lowest BCUT2D eigenvalue weighted by molar-refractivity contribution is -0.139. The molecule has 0 spiro atoms. The highest BCUT2D eigenvalue weighted by atomic mass is 35.5. The van der Waals surface area contributed by atoms with Crippen molar-refractivity contribution in [1.29, 1.82) is 0 Å². The van der Waals surface area contributed by atoms with Crippen LogP contribution in [-0.4, -0.2) is 33.2 Å². The molecule has 0 radical (unpaired) electrons. The Bertz CT molecular complexity index is 1020. The lowest BCUT2D eigenvalue weighted by Gasteiger charge is -2.03. The second-order valence-corrected chi connectivity index (χ2v) is 6.30. The molecule has 0 bridgehead atoms. The Labute approximate surface area is 166 Å². The van der Waals surface area contributed by atoms with E-state index in [1.807, 2.05) is 37.3 Å². The number of hydrogen-bond donors (Lipinski definition) is 1. The zero-order valence-electron chi connectivity index (χ0n) is 15.0. The quantitative estimate of drug-likeness (QED) is 0.478. The fraction of sp³-hybridized carbons (Fsp3) is 0.0952. The van der Waals surface area contributed by atoms with Crippen molar-refractivity contribution < 1.29 is 19.4 Å². The number of hydrogen-bond acceptors (Lipinski definition) is 4. The first-order valence-electron chi connectivity index (χ1n) is 8.43.